The second-order valence-electron chi connectivity index (χ2n) is 7.28. The average Bonchev–Trinajstić information content (AvgIpc) is 2.97. The van der Waals surface area contributed by atoms with Crippen molar-refractivity contribution < 1.29 is 4.74 Å². The molecule has 0 radical (unpaired) electrons. The summed E-state index contributed by atoms with van der Waals surface area (Å²) in [6.45, 7) is 8.08. The molecule has 1 aliphatic rings. The van der Waals surface area contributed by atoms with Crippen molar-refractivity contribution in [3.63, 3.8) is 0 Å². The zero-order valence-corrected chi connectivity index (χ0v) is 14.9. The summed E-state index contributed by atoms with van der Waals surface area (Å²) in [4.78, 5) is 0. The van der Waals surface area contributed by atoms with Crippen molar-refractivity contribution in [3.05, 3.63) is 22.4 Å². The van der Waals surface area contributed by atoms with Crippen LogP contribution in [-0.4, -0.2) is 25.3 Å². The minimum atomic E-state index is 0.00657. The fourth-order valence-electron chi connectivity index (χ4n) is 3.45. The van der Waals surface area contributed by atoms with E-state index in [1.807, 2.05) is 7.11 Å². The van der Waals surface area contributed by atoms with E-state index in [-0.39, 0.29) is 5.60 Å². The highest BCUT2D eigenvalue weighted by Gasteiger charge is 2.43. The summed E-state index contributed by atoms with van der Waals surface area (Å²) in [7, 11) is 1.91. The monoisotopic (exact) mass is 309 g/mol. The third-order valence-corrected chi connectivity index (χ3v) is 5.88. The van der Waals surface area contributed by atoms with E-state index in [9.17, 15) is 0 Å². The van der Waals surface area contributed by atoms with E-state index in [0.717, 1.165) is 13.0 Å². The number of hydrogen-bond donors (Lipinski definition) is 1. The fraction of sp³-hybridized carbons (Fsp3) is 0.778. The predicted molar refractivity (Wildman–Crippen MR) is 92.1 cm³/mol. The molecule has 120 valence electrons. The molecule has 21 heavy (non-hydrogen) atoms. The van der Waals surface area contributed by atoms with Gasteiger partial charge in [-0.1, -0.05) is 20.8 Å². The summed E-state index contributed by atoms with van der Waals surface area (Å²) >= 11 is 1.79. The largest absolute Gasteiger partial charge is 0.377 e. The van der Waals surface area contributed by atoms with Crippen LogP contribution in [-0.2, 0) is 11.2 Å². The van der Waals surface area contributed by atoms with Gasteiger partial charge in [-0.05, 0) is 72.9 Å². The minimum absolute atomic E-state index is 0.00657. The fourth-order valence-corrected chi connectivity index (χ4v) is 4.13. The zero-order chi connectivity index (χ0) is 15.3. The van der Waals surface area contributed by atoms with Gasteiger partial charge in [-0.15, -0.1) is 0 Å². The molecule has 2 nitrogen and oxygen atoms in total. The van der Waals surface area contributed by atoms with Gasteiger partial charge in [0.05, 0.1) is 5.60 Å². The molecule has 1 aliphatic carbocycles. The van der Waals surface area contributed by atoms with Gasteiger partial charge in [-0.3, -0.25) is 0 Å². The van der Waals surface area contributed by atoms with Crippen molar-refractivity contribution >= 4 is 11.3 Å². The molecule has 1 aromatic heterocycles. The third kappa shape index (κ3) is 4.30. The molecule has 1 N–H and O–H groups in total. The number of thiophene rings is 1. The Hall–Kier alpha value is -0.380. The van der Waals surface area contributed by atoms with E-state index in [4.69, 9.17) is 4.74 Å². The standard InChI is InChI=1S/C18H31NOS/c1-5-11-19-16(13-15-6-12-21-14-15)18(20-4)9-7-17(2,3)8-10-18/h6,12,14,16,19H,5,7-11,13H2,1-4H3. The summed E-state index contributed by atoms with van der Waals surface area (Å²) in [5.41, 5.74) is 1.92. The number of methoxy groups -OCH3 is 1. The lowest BCUT2D eigenvalue weighted by Crippen LogP contribution is -2.55. The van der Waals surface area contributed by atoms with Crippen LogP contribution in [0.4, 0.5) is 0 Å². The van der Waals surface area contributed by atoms with Crippen molar-refractivity contribution in [1.29, 1.82) is 0 Å². The second-order valence-corrected chi connectivity index (χ2v) is 8.06. The Morgan fingerprint density at radius 2 is 2.00 bits per heavy atom. The van der Waals surface area contributed by atoms with Crippen LogP contribution in [0.3, 0.4) is 0 Å². The topological polar surface area (TPSA) is 21.3 Å². The Balaban J connectivity index is 2.12. The minimum Gasteiger partial charge on any atom is -0.377 e. The van der Waals surface area contributed by atoms with E-state index in [1.54, 1.807) is 11.3 Å². The van der Waals surface area contributed by atoms with E-state index in [1.165, 1.54) is 37.7 Å². The summed E-state index contributed by atoms with van der Waals surface area (Å²) in [5.74, 6) is 0. The number of hydrogen-bond acceptors (Lipinski definition) is 3. The maximum Gasteiger partial charge on any atom is 0.0834 e. The van der Waals surface area contributed by atoms with Gasteiger partial charge in [-0.2, -0.15) is 11.3 Å². The molecule has 1 saturated carbocycles. The zero-order valence-electron chi connectivity index (χ0n) is 14.1. The number of ether oxygens (including phenoxy) is 1. The molecule has 1 atom stereocenters. The SMILES string of the molecule is CCCNC(Cc1ccsc1)C1(OC)CCC(C)(C)CC1. The first kappa shape index (κ1) is 17.0. The van der Waals surface area contributed by atoms with Crippen molar-refractivity contribution in [2.75, 3.05) is 13.7 Å². The molecule has 1 unspecified atom stereocenters. The highest BCUT2D eigenvalue weighted by molar-refractivity contribution is 7.07. The molecular formula is C18H31NOS. The molecule has 1 heterocycles. The number of rotatable bonds is 7. The third-order valence-electron chi connectivity index (χ3n) is 5.15. The van der Waals surface area contributed by atoms with Crippen LogP contribution in [0.1, 0.15) is 58.4 Å². The van der Waals surface area contributed by atoms with Crippen molar-refractivity contribution in [1.82, 2.24) is 5.32 Å². The molecule has 1 aromatic rings. The van der Waals surface area contributed by atoms with Crippen molar-refractivity contribution in [3.8, 4) is 0 Å². The second kappa shape index (κ2) is 7.26. The van der Waals surface area contributed by atoms with Gasteiger partial charge in [0.25, 0.3) is 0 Å². The first-order chi connectivity index (χ1) is 10.0. The lowest BCUT2D eigenvalue weighted by atomic mass is 9.67. The van der Waals surface area contributed by atoms with Crippen LogP contribution in [0, 0.1) is 5.41 Å². The normalized spacial score (nSPS) is 22.1. The van der Waals surface area contributed by atoms with Crippen molar-refractivity contribution in [2.45, 2.75) is 70.9 Å². The lowest BCUT2D eigenvalue weighted by Gasteiger charge is -2.47. The van der Waals surface area contributed by atoms with Gasteiger partial charge in [-0.25, -0.2) is 0 Å². The maximum atomic E-state index is 6.12. The molecule has 1 fully saturated rings. The van der Waals surface area contributed by atoms with E-state index >= 15 is 0 Å². The summed E-state index contributed by atoms with van der Waals surface area (Å²) in [6, 6.07) is 2.68. The molecule has 0 amide bonds. The van der Waals surface area contributed by atoms with Gasteiger partial charge in [0.15, 0.2) is 0 Å². The maximum absolute atomic E-state index is 6.12. The Morgan fingerprint density at radius 1 is 1.29 bits per heavy atom. The van der Waals surface area contributed by atoms with Crippen LogP contribution in [0.2, 0.25) is 0 Å². The van der Waals surface area contributed by atoms with Crippen LogP contribution >= 0.6 is 11.3 Å². The smallest absolute Gasteiger partial charge is 0.0834 e. The summed E-state index contributed by atoms with van der Waals surface area (Å²) in [5, 5.41) is 8.23. The van der Waals surface area contributed by atoms with E-state index < -0.39 is 0 Å². The van der Waals surface area contributed by atoms with Crippen LogP contribution < -0.4 is 5.32 Å². The van der Waals surface area contributed by atoms with Crippen LogP contribution in [0.5, 0.6) is 0 Å². The van der Waals surface area contributed by atoms with E-state index in [0.29, 0.717) is 11.5 Å². The summed E-state index contributed by atoms with van der Waals surface area (Å²) in [6.07, 6.45) is 7.11. The first-order valence-electron chi connectivity index (χ1n) is 8.31. The van der Waals surface area contributed by atoms with E-state index in [2.05, 4.69) is 42.9 Å². The molecule has 0 bridgehead atoms. The number of nitrogens with one attached hydrogen (secondary N) is 1. The van der Waals surface area contributed by atoms with Crippen molar-refractivity contribution in [2.24, 2.45) is 5.41 Å². The first-order valence-corrected chi connectivity index (χ1v) is 9.25. The predicted octanol–water partition coefficient (Wildman–Crippen LogP) is 4.64. The van der Waals surface area contributed by atoms with Crippen LogP contribution in [0.15, 0.2) is 16.8 Å². The van der Waals surface area contributed by atoms with Gasteiger partial charge in [0.2, 0.25) is 0 Å². The molecule has 0 aliphatic heterocycles. The Bertz CT molecular complexity index is 403. The van der Waals surface area contributed by atoms with Gasteiger partial charge < -0.3 is 10.1 Å². The molecule has 3 heteroatoms. The Labute approximate surface area is 134 Å². The Morgan fingerprint density at radius 3 is 2.52 bits per heavy atom. The highest BCUT2D eigenvalue weighted by Crippen LogP contribution is 2.44. The van der Waals surface area contributed by atoms with Gasteiger partial charge >= 0.3 is 0 Å². The molecule has 0 saturated heterocycles. The quantitative estimate of drug-likeness (QED) is 0.792. The van der Waals surface area contributed by atoms with Gasteiger partial charge in [0.1, 0.15) is 0 Å². The lowest BCUT2D eigenvalue weighted by molar-refractivity contribution is -0.0860. The molecule has 0 spiro atoms. The Kier molecular flexibility index (Phi) is 5.87. The molecule has 2 rings (SSSR count). The highest BCUT2D eigenvalue weighted by atomic mass is 32.1. The van der Waals surface area contributed by atoms with Crippen LogP contribution in [0.25, 0.3) is 0 Å². The average molecular weight is 310 g/mol. The van der Waals surface area contributed by atoms with Gasteiger partial charge in [0, 0.05) is 13.2 Å². The molecular weight excluding hydrogens is 278 g/mol. The molecule has 0 aromatic carbocycles. The summed E-state index contributed by atoms with van der Waals surface area (Å²) < 4.78 is 6.12.